The lowest BCUT2D eigenvalue weighted by molar-refractivity contribution is 0.626. The fourth-order valence-electron chi connectivity index (χ4n) is 0.915. The van der Waals surface area contributed by atoms with Gasteiger partial charge in [-0.3, -0.25) is 0 Å². The van der Waals surface area contributed by atoms with Gasteiger partial charge in [0, 0.05) is 21.4 Å². The van der Waals surface area contributed by atoms with Crippen molar-refractivity contribution < 1.29 is 4.39 Å². The molecule has 0 spiro atoms. The summed E-state index contributed by atoms with van der Waals surface area (Å²) in [4.78, 5) is 0. The average Bonchev–Trinajstić information content (AvgIpc) is 2.16. The van der Waals surface area contributed by atoms with Crippen molar-refractivity contribution in [2.75, 3.05) is 5.88 Å². The van der Waals surface area contributed by atoms with Crippen LogP contribution in [0.15, 0.2) is 22.7 Å². The molecule has 0 bridgehead atoms. The lowest BCUT2D eigenvalue weighted by Gasteiger charge is -2.08. The fraction of sp³-hybridized carbons (Fsp3) is 0.400. The summed E-state index contributed by atoms with van der Waals surface area (Å²) in [6.45, 7) is 2.08. The Bertz CT molecular complexity index is 306. The molecule has 0 N–H and O–H groups in total. The molecule has 0 heterocycles. The van der Waals surface area contributed by atoms with Crippen LogP contribution < -0.4 is 0 Å². The van der Waals surface area contributed by atoms with Gasteiger partial charge >= 0.3 is 0 Å². The van der Waals surface area contributed by atoms with Crippen LogP contribution in [-0.4, -0.2) is 11.1 Å². The van der Waals surface area contributed by atoms with Crippen LogP contribution in [-0.2, 0) is 5.75 Å². The van der Waals surface area contributed by atoms with E-state index in [-0.39, 0.29) is 5.82 Å². The van der Waals surface area contributed by atoms with Crippen LogP contribution in [0.4, 0.5) is 4.39 Å². The number of benzene rings is 1. The second-order valence-electron chi connectivity index (χ2n) is 3.01. The Hall–Kier alpha value is 0.270. The van der Waals surface area contributed by atoms with Gasteiger partial charge in [-0.1, -0.05) is 28.9 Å². The van der Waals surface area contributed by atoms with Crippen LogP contribution in [0.5, 0.6) is 0 Å². The normalized spacial score (nSPS) is 12.9. The van der Waals surface area contributed by atoms with Gasteiger partial charge in [0.15, 0.2) is 0 Å². The standard InChI is InChI=1S/C10H11BrClFS/c1-7(5-12)14-6-8-2-3-9(13)4-10(8)11/h2-4,7H,5-6H2,1H3. The Morgan fingerprint density at radius 2 is 2.29 bits per heavy atom. The molecule has 0 aromatic heterocycles. The Kier molecular flexibility index (Phi) is 5.28. The molecule has 78 valence electrons. The lowest BCUT2D eigenvalue weighted by Crippen LogP contribution is -1.98. The molecule has 0 saturated heterocycles. The van der Waals surface area contributed by atoms with Crippen molar-refractivity contribution in [3.8, 4) is 0 Å². The van der Waals surface area contributed by atoms with E-state index in [1.165, 1.54) is 12.1 Å². The Labute approximate surface area is 101 Å². The van der Waals surface area contributed by atoms with Crippen molar-refractivity contribution in [2.45, 2.75) is 17.9 Å². The van der Waals surface area contributed by atoms with E-state index >= 15 is 0 Å². The van der Waals surface area contributed by atoms with Crippen molar-refractivity contribution in [1.82, 2.24) is 0 Å². The van der Waals surface area contributed by atoms with Gasteiger partial charge in [-0.25, -0.2) is 4.39 Å². The molecule has 0 nitrogen and oxygen atoms in total. The predicted octanol–water partition coefficient (Wildman–Crippen LogP) is 4.45. The van der Waals surface area contributed by atoms with Crippen LogP contribution in [0.3, 0.4) is 0 Å². The quantitative estimate of drug-likeness (QED) is 0.740. The van der Waals surface area contributed by atoms with Crippen LogP contribution in [0.25, 0.3) is 0 Å². The third-order valence-corrected chi connectivity index (χ3v) is 4.35. The first-order chi connectivity index (χ1) is 6.63. The lowest BCUT2D eigenvalue weighted by atomic mass is 10.2. The van der Waals surface area contributed by atoms with Gasteiger partial charge in [-0.15, -0.1) is 11.6 Å². The summed E-state index contributed by atoms with van der Waals surface area (Å²) in [6, 6.07) is 4.76. The zero-order valence-electron chi connectivity index (χ0n) is 7.77. The minimum absolute atomic E-state index is 0.212. The third kappa shape index (κ3) is 3.79. The molecule has 0 radical (unpaired) electrons. The van der Waals surface area contributed by atoms with Gasteiger partial charge < -0.3 is 0 Å². The van der Waals surface area contributed by atoms with Crippen molar-refractivity contribution in [3.63, 3.8) is 0 Å². The molecule has 1 atom stereocenters. The summed E-state index contributed by atoms with van der Waals surface area (Å²) in [5.74, 6) is 1.29. The van der Waals surface area contributed by atoms with Crippen LogP contribution in [0.1, 0.15) is 12.5 Å². The van der Waals surface area contributed by atoms with E-state index in [9.17, 15) is 4.39 Å². The van der Waals surface area contributed by atoms with Crippen molar-refractivity contribution in [2.24, 2.45) is 0 Å². The number of rotatable bonds is 4. The second kappa shape index (κ2) is 5.99. The molecule has 1 rings (SSSR count). The molecule has 4 heteroatoms. The number of thioether (sulfide) groups is 1. The van der Waals surface area contributed by atoms with Gasteiger partial charge in [0.25, 0.3) is 0 Å². The largest absolute Gasteiger partial charge is 0.207 e. The highest BCUT2D eigenvalue weighted by atomic mass is 79.9. The van der Waals surface area contributed by atoms with E-state index in [0.717, 1.165) is 15.8 Å². The number of alkyl halides is 1. The fourth-order valence-corrected chi connectivity index (χ4v) is 2.66. The molecule has 14 heavy (non-hydrogen) atoms. The first-order valence-electron chi connectivity index (χ1n) is 4.25. The highest BCUT2D eigenvalue weighted by Crippen LogP contribution is 2.25. The predicted molar refractivity (Wildman–Crippen MR) is 65.6 cm³/mol. The van der Waals surface area contributed by atoms with Gasteiger partial charge in [0.05, 0.1) is 0 Å². The summed E-state index contributed by atoms with van der Waals surface area (Å²) in [5.41, 5.74) is 1.10. The minimum atomic E-state index is -0.212. The molecule has 0 aliphatic carbocycles. The summed E-state index contributed by atoms with van der Waals surface area (Å²) >= 11 is 10.8. The van der Waals surface area contributed by atoms with Crippen LogP contribution >= 0.6 is 39.3 Å². The monoisotopic (exact) mass is 296 g/mol. The maximum Gasteiger partial charge on any atom is 0.124 e. The van der Waals surface area contributed by atoms with Crippen molar-refractivity contribution >= 4 is 39.3 Å². The SMILES string of the molecule is CC(CCl)SCc1ccc(F)cc1Br. The minimum Gasteiger partial charge on any atom is -0.207 e. The number of halogens is 3. The van der Waals surface area contributed by atoms with Crippen molar-refractivity contribution in [1.29, 1.82) is 0 Å². The Balaban J connectivity index is 2.59. The molecule has 0 saturated carbocycles. The van der Waals surface area contributed by atoms with Gasteiger partial charge in [0.1, 0.15) is 5.82 Å². The van der Waals surface area contributed by atoms with Crippen LogP contribution in [0.2, 0.25) is 0 Å². The molecular formula is C10H11BrClFS. The van der Waals surface area contributed by atoms with Crippen molar-refractivity contribution in [3.05, 3.63) is 34.1 Å². The third-order valence-electron chi connectivity index (χ3n) is 1.76. The number of hydrogen-bond donors (Lipinski definition) is 0. The highest BCUT2D eigenvalue weighted by Gasteiger charge is 2.05. The molecule has 1 unspecified atom stereocenters. The Morgan fingerprint density at radius 1 is 1.57 bits per heavy atom. The molecule has 0 aliphatic rings. The summed E-state index contributed by atoms with van der Waals surface area (Å²) in [5, 5.41) is 0.425. The summed E-state index contributed by atoms with van der Waals surface area (Å²) in [6.07, 6.45) is 0. The maximum absolute atomic E-state index is 12.8. The Morgan fingerprint density at radius 3 is 2.86 bits per heavy atom. The summed E-state index contributed by atoms with van der Waals surface area (Å²) in [7, 11) is 0. The van der Waals surface area contributed by atoms with E-state index < -0.39 is 0 Å². The van der Waals surface area contributed by atoms with E-state index in [1.807, 2.05) is 0 Å². The van der Waals surface area contributed by atoms with Gasteiger partial charge in [-0.05, 0) is 17.7 Å². The first kappa shape index (κ1) is 12.3. The smallest absolute Gasteiger partial charge is 0.124 e. The molecule has 0 fully saturated rings. The van der Waals surface area contributed by atoms with E-state index in [2.05, 4.69) is 22.9 Å². The molecule has 1 aromatic carbocycles. The topological polar surface area (TPSA) is 0 Å². The first-order valence-corrected chi connectivity index (χ1v) is 6.62. The zero-order valence-corrected chi connectivity index (χ0v) is 10.9. The highest BCUT2D eigenvalue weighted by molar-refractivity contribution is 9.10. The van der Waals surface area contributed by atoms with Gasteiger partial charge in [-0.2, -0.15) is 11.8 Å². The maximum atomic E-state index is 12.8. The average molecular weight is 298 g/mol. The molecule has 1 aromatic rings. The summed E-state index contributed by atoms with van der Waals surface area (Å²) < 4.78 is 13.6. The number of hydrogen-bond acceptors (Lipinski definition) is 1. The van der Waals surface area contributed by atoms with E-state index in [4.69, 9.17) is 11.6 Å². The molecule has 0 amide bonds. The zero-order chi connectivity index (χ0) is 10.6. The van der Waals surface area contributed by atoms with E-state index in [1.54, 1.807) is 17.8 Å². The van der Waals surface area contributed by atoms with Crippen LogP contribution in [0, 0.1) is 5.82 Å². The molecular weight excluding hydrogens is 287 g/mol. The van der Waals surface area contributed by atoms with E-state index in [0.29, 0.717) is 11.1 Å². The molecule has 0 aliphatic heterocycles. The second-order valence-corrected chi connectivity index (χ2v) is 5.60. The van der Waals surface area contributed by atoms with Gasteiger partial charge in [0.2, 0.25) is 0 Å².